The topological polar surface area (TPSA) is 99.7 Å². The summed E-state index contributed by atoms with van der Waals surface area (Å²) in [6.07, 6.45) is 4.23. The molecule has 2 heterocycles. The highest BCUT2D eigenvalue weighted by atomic mass is 35.5. The number of sulfonamides is 1. The van der Waals surface area contributed by atoms with Gasteiger partial charge in [-0.3, -0.25) is 14.5 Å². The summed E-state index contributed by atoms with van der Waals surface area (Å²) in [6.45, 7) is 4.77. The summed E-state index contributed by atoms with van der Waals surface area (Å²) in [5, 5.41) is 6.21. The summed E-state index contributed by atoms with van der Waals surface area (Å²) in [5.74, 6) is 1.20. The Bertz CT molecular complexity index is 807. The van der Waals surface area contributed by atoms with Crippen LogP contribution in [-0.4, -0.2) is 39.8 Å². The van der Waals surface area contributed by atoms with Crippen molar-refractivity contribution in [2.45, 2.75) is 43.9 Å². The first kappa shape index (κ1) is 22.6. The molecule has 3 rings (SSSR count). The Hall–Kier alpha value is -1.64. The second-order valence-corrected chi connectivity index (χ2v) is 9.08. The van der Waals surface area contributed by atoms with Crippen LogP contribution in [0.15, 0.2) is 34.2 Å². The number of amidine groups is 1. The van der Waals surface area contributed by atoms with Crippen LogP contribution in [0.25, 0.3) is 0 Å². The molecule has 156 valence electrons. The van der Waals surface area contributed by atoms with Crippen LogP contribution in [0, 0.1) is 11.8 Å². The van der Waals surface area contributed by atoms with E-state index in [0.717, 1.165) is 32.4 Å². The zero-order valence-electron chi connectivity index (χ0n) is 16.1. The molecule has 2 atom stereocenters. The van der Waals surface area contributed by atoms with E-state index in [1.807, 2.05) is 0 Å². The van der Waals surface area contributed by atoms with E-state index in [9.17, 15) is 13.2 Å². The number of rotatable bonds is 6. The van der Waals surface area contributed by atoms with E-state index in [-0.39, 0.29) is 29.1 Å². The molecule has 1 aromatic carbocycles. The van der Waals surface area contributed by atoms with E-state index in [1.165, 1.54) is 12.1 Å². The molecule has 0 aliphatic carbocycles. The van der Waals surface area contributed by atoms with Crippen molar-refractivity contribution in [1.82, 2.24) is 10.0 Å². The number of hydrogen-bond acceptors (Lipinski definition) is 5. The molecule has 2 aliphatic heterocycles. The van der Waals surface area contributed by atoms with E-state index in [1.54, 1.807) is 12.1 Å². The molecular weight excluding hydrogens is 400 g/mol. The summed E-state index contributed by atoms with van der Waals surface area (Å²) >= 11 is 0. The lowest BCUT2D eigenvalue weighted by Gasteiger charge is -2.28. The van der Waals surface area contributed by atoms with Crippen LogP contribution in [0.4, 0.5) is 5.69 Å². The normalized spacial score (nSPS) is 20.6. The molecule has 0 spiro atoms. The molecule has 1 saturated heterocycles. The fraction of sp³-hybridized carbons (Fsp3) is 0.579. The van der Waals surface area contributed by atoms with E-state index in [4.69, 9.17) is 0 Å². The summed E-state index contributed by atoms with van der Waals surface area (Å²) in [6, 6.07) is 6.35. The zero-order chi connectivity index (χ0) is 19.3. The van der Waals surface area contributed by atoms with Crippen molar-refractivity contribution in [1.29, 1.82) is 0 Å². The van der Waals surface area contributed by atoms with Crippen molar-refractivity contribution in [2.24, 2.45) is 16.8 Å². The number of nitrogens with one attached hydrogen (secondary N) is 3. The van der Waals surface area contributed by atoms with Crippen LogP contribution in [0.5, 0.6) is 0 Å². The highest BCUT2D eigenvalue weighted by molar-refractivity contribution is 7.90. The van der Waals surface area contributed by atoms with Crippen LogP contribution in [0.1, 0.15) is 39.0 Å². The highest BCUT2D eigenvalue weighted by Crippen LogP contribution is 2.23. The zero-order valence-corrected chi connectivity index (χ0v) is 17.7. The summed E-state index contributed by atoms with van der Waals surface area (Å²) in [4.78, 5) is 16.7. The molecule has 2 aliphatic rings. The molecule has 3 N–H and O–H groups in total. The van der Waals surface area contributed by atoms with Crippen molar-refractivity contribution in [3.63, 3.8) is 0 Å². The fourth-order valence-corrected chi connectivity index (χ4v) is 4.75. The van der Waals surface area contributed by atoms with Gasteiger partial charge in [-0.1, -0.05) is 13.0 Å². The Kier molecular flexibility index (Phi) is 8.27. The van der Waals surface area contributed by atoms with Crippen LogP contribution in [0.2, 0.25) is 0 Å². The average Bonchev–Trinajstić information content (AvgIpc) is 3.15. The van der Waals surface area contributed by atoms with Gasteiger partial charge in [0.2, 0.25) is 5.91 Å². The van der Waals surface area contributed by atoms with Gasteiger partial charge in [0.05, 0.1) is 4.90 Å². The number of aliphatic imine (C=N–C) groups is 1. The minimum atomic E-state index is -3.68. The van der Waals surface area contributed by atoms with Crippen molar-refractivity contribution >= 4 is 39.9 Å². The average molecular weight is 429 g/mol. The van der Waals surface area contributed by atoms with Crippen LogP contribution in [-0.2, 0) is 14.8 Å². The number of carbonyl (C=O) groups excluding carboxylic acids is 1. The maximum absolute atomic E-state index is 12.5. The molecule has 0 bridgehead atoms. The molecule has 0 saturated carbocycles. The molecular formula is C19H29ClN4O3S. The standard InChI is InChI=1S/C19H28N4O3S.ClH/c1-14(15-5-3-9-20-13-15)11-19(24)22-16-6-2-7-17(12-16)27(25,26)23-18-8-4-10-21-18;/h2,6-7,12,14-15,20H,3-5,8-11,13H2,1H3,(H,21,23)(H,22,24);1H. The van der Waals surface area contributed by atoms with Gasteiger partial charge in [0.15, 0.2) is 0 Å². The van der Waals surface area contributed by atoms with Gasteiger partial charge in [0.25, 0.3) is 10.0 Å². The molecule has 28 heavy (non-hydrogen) atoms. The minimum absolute atomic E-state index is 0. The summed E-state index contributed by atoms with van der Waals surface area (Å²) < 4.78 is 27.5. The van der Waals surface area contributed by atoms with E-state index in [2.05, 4.69) is 27.3 Å². The number of nitrogens with zero attached hydrogens (tertiary/aromatic N) is 1. The maximum Gasteiger partial charge on any atom is 0.262 e. The number of benzene rings is 1. The van der Waals surface area contributed by atoms with Crippen molar-refractivity contribution in [3.05, 3.63) is 24.3 Å². The Morgan fingerprint density at radius 2 is 2.18 bits per heavy atom. The quantitative estimate of drug-likeness (QED) is 0.648. The lowest BCUT2D eigenvalue weighted by Crippen LogP contribution is -2.34. The van der Waals surface area contributed by atoms with Gasteiger partial charge in [-0.15, -0.1) is 12.4 Å². The number of piperidine rings is 1. The first-order chi connectivity index (χ1) is 12.9. The van der Waals surface area contributed by atoms with Gasteiger partial charge in [-0.25, -0.2) is 8.42 Å². The second-order valence-electron chi connectivity index (χ2n) is 7.40. The third-order valence-electron chi connectivity index (χ3n) is 5.20. The molecule has 7 nitrogen and oxygen atoms in total. The molecule has 2 unspecified atom stereocenters. The number of amides is 1. The van der Waals surface area contributed by atoms with Crippen LogP contribution in [0.3, 0.4) is 0 Å². The SMILES string of the molecule is CC(CC(=O)Nc1cccc(S(=O)(=O)NC2=NCCC2)c1)C1CCCNC1.Cl. The molecule has 0 aromatic heterocycles. The van der Waals surface area contributed by atoms with Crippen molar-refractivity contribution in [3.8, 4) is 0 Å². The smallest absolute Gasteiger partial charge is 0.262 e. The Balaban J connectivity index is 0.00000280. The third-order valence-corrected chi connectivity index (χ3v) is 6.58. The number of hydrogen-bond donors (Lipinski definition) is 3. The van der Waals surface area contributed by atoms with E-state index < -0.39 is 10.0 Å². The third kappa shape index (κ3) is 6.18. The Labute approximate surface area is 173 Å². The second kappa shape index (κ2) is 10.2. The van der Waals surface area contributed by atoms with Crippen molar-refractivity contribution in [2.75, 3.05) is 25.0 Å². The molecule has 1 fully saturated rings. The summed E-state index contributed by atoms with van der Waals surface area (Å²) in [7, 11) is -3.68. The number of halogens is 1. The molecule has 1 aromatic rings. The predicted octanol–water partition coefficient (Wildman–Crippen LogP) is 2.54. The van der Waals surface area contributed by atoms with Gasteiger partial charge in [-0.2, -0.15) is 0 Å². The summed E-state index contributed by atoms with van der Waals surface area (Å²) in [5.41, 5.74) is 0.491. The number of carbonyl (C=O) groups is 1. The molecule has 9 heteroatoms. The van der Waals surface area contributed by atoms with Gasteiger partial charge in [0, 0.05) is 25.1 Å². The largest absolute Gasteiger partial charge is 0.326 e. The fourth-order valence-electron chi connectivity index (χ4n) is 3.61. The predicted molar refractivity (Wildman–Crippen MR) is 114 cm³/mol. The highest BCUT2D eigenvalue weighted by Gasteiger charge is 2.23. The monoisotopic (exact) mass is 428 g/mol. The Morgan fingerprint density at radius 3 is 2.86 bits per heavy atom. The minimum Gasteiger partial charge on any atom is -0.326 e. The Morgan fingerprint density at radius 1 is 1.36 bits per heavy atom. The van der Waals surface area contributed by atoms with Crippen LogP contribution >= 0.6 is 12.4 Å². The van der Waals surface area contributed by atoms with Gasteiger partial charge < -0.3 is 10.6 Å². The van der Waals surface area contributed by atoms with Crippen molar-refractivity contribution < 1.29 is 13.2 Å². The lowest BCUT2D eigenvalue weighted by molar-refractivity contribution is -0.117. The first-order valence-corrected chi connectivity index (χ1v) is 11.1. The number of anilines is 1. The van der Waals surface area contributed by atoms with E-state index >= 15 is 0 Å². The van der Waals surface area contributed by atoms with Crippen LogP contribution < -0.4 is 15.4 Å². The van der Waals surface area contributed by atoms with Gasteiger partial charge >= 0.3 is 0 Å². The van der Waals surface area contributed by atoms with E-state index in [0.29, 0.717) is 36.8 Å². The van der Waals surface area contributed by atoms with Gasteiger partial charge in [-0.05, 0) is 62.4 Å². The first-order valence-electron chi connectivity index (χ1n) is 9.61. The molecule has 0 radical (unpaired) electrons. The van der Waals surface area contributed by atoms with Gasteiger partial charge in [0.1, 0.15) is 5.84 Å². The molecule has 1 amide bonds. The maximum atomic E-state index is 12.5. The lowest BCUT2D eigenvalue weighted by atomic mass is 9.85.